The summed E-state index contributed by atoms with van der Waals surface area (Å²) < 4.78 is 1.05. The van der Waals surface area contributed by atoms with Crippen LogP contribution in [0.25, 0.3) is 0 Å². The first-order valence-electron chi connectivity index (χ1n) is 3.09. The van der Waals surface area contributed by atoms with E-state index in [9.17, 15) is 0 Å². The van der Waals surface area contributed by atoms with Gasteiger partial charge in [0.2, 0.25) is 0 Å². The van der Waals surface area contributed by atoms with Crippen LogP contribution < -0.4 is 5.32 Å². The van der Waals surface area contributed by atoms with Gasteiger partial charge in [0.1, 0.15) is 3.70 Å². The van der Waals surface area contributed by atoms with Crippen LogP contribution in [-0.4, -0.2) is 12.0 Å². The highest BCUT2D eigenvalue weighted by atomic mass is 127. The van der Waals surface area contributed by atoms with E-state index < -0.39 is 0 Å². The summed E-state index contributed by atoms with van der Waals surface area (Å²) in [5, 5.41) is 3.05. The molecule has 0 fully saturated rings. The SMILES string of the molecule is CNCc1cccc(I)n1. The molecule has 2 nitrogen and oxygen atoms in total. The maximum absolute atomic E-state index is 4.29. The molecule has 0 unspecified atom stereocenters. The van der Waals surface area contributed by atoms with Crippen LogP contribution in [0.4, 0.5) is 0 Å². The van der Waals surface area contributed by atoms with Gasteiger partial charge in [-0.3, -0.25) is 0 Å². The van der Waals surface area contributed by atoms with Crippen LogP contribution in [0.2, 0.25) is 0 Å². The van der Waals surface area contributed by atoms with Crippen LogP contribution in [0.5, 0.6) is 0 Å². The summed E-state index contributed by atoms with van der Waals surface area (Å²) in [6, 6.07) is 6.01. The minimum Gasteiger partial charge on any atom is -0.314 e. The van der Waals surface area contributed by atoms with Gasteiger partial charge in [-0.15, -0.1) is 0 Å². The quantitative estimate of drug-likeness (QED) is 0.632. The van der Waals surface area contributed by atoms with Crippen molar-refractivity contribution in [3.8, 4) is 0 Å². The Kier molecular flexibility index (Phi) is 3.08. The molecule has 0 aliphatic carbocycles. The molecule has 1 rings (SSSR count). The molecule has 0 aliphatic rings. The predicted molar refractivity (Wildman–Crippen MR) is 49.7 cm³/mol. The summed E-state index contributed by atoms with van der Waals surface area (Å²) in [6.45, 7) is 0.844. The molecule has 0 aromatic carbocycles. The lowest BCUT2D eigenvalue weighted by atomic mass is 10.3. The number of nitrogens with one attached hydrogen (secondary N) is 1. The minimum absolute atomic E-state index is 0.844. The van der Waals surface area contributed by atoms with E-state index in [0.717, 1.165) is 15.9 Å². The second-order valence-corrected chi connectivity index (χ2v) is 3.09. The first-order chi connectivity index (χ1) is 4.83. The third kappa shape index (κ3) is 2.22. The fourth-order valence-electron chi connectivity index (χ4n) is 0.730. The van der Waals surface area contributed by atoms with E-state index in [1.807, 2.05) is 25.2 Å². The Morgan fingerprint density at radius 3 is 3.00 bits per heavy atom. The molecule has 0 bridgehead atoms. The molecule has 1 heterocycles. The summed E-state index contributed by atoms with van der Waals surface area (Å²) in [5.41, 5.74) is 1.09. The van der Waals surface area contributed by atoms with Crippen molar-refractivity contribution in [2.75, 3.05) is 7.05 Å². The molecule has 3 heteroatoms. The van der Waals surface area contributed by atoms with Crippen LogP contribution in [0, 0.1) is 3.70 Å². The Morgan fingerprint density at radius 1 is 1.60 bits per heavy atom. The van der Waals surface area contributed by atoms with Crippen molar-refractivity contribution in [3.05, 3.63) is 27.6 Å². The summed E-state index contributed by atoms with van der Waals surface area (Å²) in [7, 11) is 1.92. The summed E-state index contributed by atoms with van der Waals surface area (Å²) >= 11 is 2.21. The van der Waals surface area contributed by atoms with Gasteiger partial charge in [-0.2, -0.15) is 0 Å². The van der Waals surface area contributed by atoms with Crippen molar-refractivity contribution in [2.24, 2.45) is 0 Å². The highest BCUT2D eigenvalue weighted by molar-refractivity contribution is 14.1. The highest BCUT2D eigenvalue weighted by Crippen LogP contribution is 2.01. The van der Waals surface area contributed by atoms with Crippen LogP contribution in [0.15, 0.2) is 18.2 Å². The van der Waals surface area contributed by atoms with Gasteiger partial charge in [0.05, 0.1) is 5.69 Å². The molecular formula is C7H9IN2. The second-order valence-electron chi connectivity index (χ2n) is 1.98. The summed E-state index contributed by atoms with van der Waals surface area (Å²) in [6.07, 6.45) is 0. The smallest absolute Gasteiger partial charge is 0.101 e. The number of hydrogen-bond acceptors (Lipinski definition) is 2. The zero-order chi connectivity index (χ0) is 7.40. The summed E-state index contributed by atoms with van der Waals surface area (Å²) in [5.74, 6) is 0. The van der Waals surface area contributed by atoms with Gasteiger partial charge < -0.3 is 5.32 Å². The van der Waals surface area contributed by atoms with Crippen LogP contribution in [0.1, 0.15) is 5.69 Å². The maximum atomic E-state index is 4.29. The maximum Gasteiger partial charge on any atom is 0.101 e. The van der Waals surface area contributed by atoms with E-state index in [1.165, 1.54) is 0 Å². The molecular weight excluding hydrogens is 239 g/mol. The Balaban J connectivity index is 2.75. The lowest BCUT2D eigenvalue weighted by Gasteiger charge is -1.97. The average Bonchev–Trinajstić information content (AvgIpc) is 1.88. The third-order valence-electron chi connectivity index (χ3n) is 1.13. The Hall–Kier alpha value is -0.160. The molecule has 0 amide bonds. The summed E-state index contributed by atoms with van der Waals surface area (Å²) in [4.78, 5) is 4.29. The van der Waals surface area contributed by atoms with Gasteiger partial charge >= 0.3 is 0 Å². The molecule has 0 spiro atoms. The van der Waals surface area contributed by atoms with E-state index in [-0.39, 0.29) is 0 Å². The van der Waals surface area contributed by atoms with Gasteiger partial charge in [0.15, 0.2) is 0 Å². The number of aromatic nitrogens is 1. The van der Waals surface area contributed by atoms with Crippen LogP contribution >= 0.6 is 22.6 Å². The van der Waals surface area contributed by atoms with Crippen molar-refractivity contribution in [3.63, 3.8) is 0 Å². The molecule has 1 N–H and O–H groups in total. The minimum atomic E-state index is 0.844. The monoisotopic (exact) mass is 248 g/mol. The van der Waals surface area contributed by atoms with Gasteiger partial charge in [0, 0.05) is 6.54 Å². The number of hydrogen-bond donors (Lipinski definition) is 1. The Bertz CT molecular complexity index is 213. The predicted octanol–water partition coefficient (Wildman–Crippen LogP) is 1.41. The van der Waals surface area contributed by atoms with Crippen LogP contribution in [0.3, 0.4) is 0 Å². The van der Waals surface area contributed by atoms with Gasteiger partial charge in [-0.1, -0.05) is 6.07 Å². The molecule has 54 valence electrons. The molecule has 10 heavy (non-hydrogen) atoms. The molecule has 0 saturated heterocycles. The van der Waals surface area contributed by atoms with Crippen molar-refractivity contribution >= 4 is 22.6 Å². The van der Waals surface area contributed by atoms with Crippen molar-refractivity contribution in [1.29, 1.82) is 0 Å². The Morgan fingerprint density at radius 2 is 2.40 bits per heavy atom. The van der Waals surface area contributed by atoms with Crippen molar-refractivity contribution in [1.82, 2.24) is 10.3 Å². The van der Waals surface area contributed by atoms with Gasteiger partial charge in [-0.05, 0) is 41.8 Å². The van der Waals surface area contributed by atoms with Crippen LogP contribution in [-0.2, 0) is 6.54 Å². The number of halogens is 1. The van der Waals surface area contributed by atoms with Crippen molar-refractivity contribution in [2.45, 2.75) is 6.54 Å². The van der Waals surface area contributed by atoms with E-state index in [0.29, 0.717) is 0 Å². The third-order valence-corrected chi connectivity index (χ3v) is 1.73. The first-order valence-corrected chi connectivity index (χ1v) is 4.17. The molecule has 1 aromatic rings. The molecule has 0 radical (unpaired) electrons. The van der Waals surface area contributed by atoms with Gasteiger partial charge in [-0.25, -0.2) is 4.98 Å². The van der Waals surface area contributed by atoms with E-state index in [2.05, 4.69) is 32.9 Å². The van der Waals surface area contributed by atoms with Crippen molar-refractivity contribution < 1.29 is 0 Å². The first kappa shape index (κ1) is 7.94. The topological polar surface area (TPSA) is 24.9 Å². The van der Waals surface area contributed by atoms with Gasteiger partial charge in [0.25, 0.3) is 0 Å². The molecule has 0 atom stereocenters. The number of rotatable bonds is 2. The number of nitrogens with zero attached hydrogens (tertiary/aromatic N) is 1. The fraction of sp³-hybridized carbons (Fsp3) is 0.286. The second kappa shape index (κ2) is 3.88. The number of pyridine rings is 1. The lowest BCUT2D eigenvalue weighted by Crippen LogP contribution is -2.06. The molecule has 0 saturated carbocycles. The normalized spacial score (nSPS) is 9.80. The molecule has 1 aromatic heterocycles. The van der Waals surface area contributed by atoms with E-state index >= 15 is 0 Å². The molecule has 0 aliphatic heterocycles. The largest absolute Gasteiger partial charge is 0.314 e. The standard InChI is InChI=1S/C7H9IN2/c1-9-5-6-3-2-4-7(8)10-6/h2-4,9H,5H2,1H3. The van der Waals surface area contributed by atoms with E-state index in [1.54, 1.807) is 0 Å². The average molecular weight is 248 g/mol. The zero-order valence-corrected chi connectivity index (χ0v) is 7.92. The fourth-order valence-corrected chi connectivity index (χ4v) is 1.25. The van der Waals surface area contributed by atoms with E-state index in [4.69, 9.17) is 0 Å². The highest BCUT2D eigenvalue weighted by Gasteiger charge is 1.91. The Labute approximate surface area is 74.2 Å². The zero-order valence-electron chi connectivity index (χ0n) is 5.76. The lowest BCUT2D eigenvalue weighted by molar-refractivity contribution is 0.788.